The molecule has 4 saturated carbocycles. The largest absolute Gasteiger partial charge is 0.432 e. The molecule has 20 heteroatoms. The highest BCUT2D eigenvalue weighted by molar-refractivity contribution is 5.79. The van der Waals surface area contributed by atoms with Gasteiger partial charge in [0.1, 0.15) is 85.5 Å². The van der Waals surface area contributed by atoms with Crippen LogP contribution in [-0.2, 0) is 38.0 Å². The lowest BCUT2D eigenvalue weighted by atomic mass is 9.33. The van der Waals surface area contributed by atoms with Crippen LogP contribution in [0.1, 0.15) is 106 Å². The monoisotopic (exact) mass is 1030 g/mol. The molecule has 9 aliphatic rings. The molecule has 0 unspecified atom stereocenters. The van der Waals surface area contributed by atoms with Crippen molar-refractivity contribution < 1.29 is 99.2 Å². The van der Waals surface area contributed by atoms with Crippen LogP contribution in [0.25, 0.3) is 0 Å². The average Bonchev–Trinajstić information content (AvgIpc) is 3.34. The van der Waals surface area contributed by atoms with Crippen LogP contribution < -0.4 is 0 Å². The van der Waals surface area contributed by atoms with E-state index in [9.17, 15) is 66.1 Å². The van der Waals surface area contributed by atoms with Crippen LogP contribution in [0, 0.1) is 50.7 Å². The van der Waals surface area contributed by atoms with Gasteiger partial charge in [-0.2, -0.15) is 0 Å². The van der Waals surface area contributed by atoms with Crippen LogP contribution in [-0.4, -0.2) is 204 Å². The lowest BCUT2D eigenvalue weighted by molar-refractivity contribution is -0.368. The number of hydrogen-bond acceptors (Lipinski definition) is 20. The lowest BCUT2D eigenvalue weighted by Gasteiger charge is -2.71. The van der Waals surface area contributed by atoms with Crippen LogP contribution in [0.2, 0.25) is 0 Å². The molecule has 0 aromatic heterocycles. The van der Waals surface area contributed by atoms with E-state index in [1.165, 1.54) is 12.5 Å². The zero-order chi connectivity index (χ0) is 52.4. The van der Waals surface area contributed by atoms with Crippen molar-refractivity contribution in [1.29, 1.82) is 0 Å². The molecule has 0 spiro atoms. The van der Waals surface area contributed by atoms with Gasteiger partial charge in [-0.05, 0) is 111 Å². The first-order chi connectivity index (χ1) is 33.8. The summed E-state index contributed by atoms with van der Waals surface area (Å²) in [6.45, 7) is 15.7. The van der Waals surface area contributed by atoms with Crippen molar-refractivity contribution in [2.24, 2.45) is 50.7 Å². The Hall–Kier alpha value is -1.77. The number of ether oxygens (including phenoxy) is 7. The Morgan fingerprint density at radius 3 is 2.03 bits per heavy atom. The van der Waals surface area contributed by atoms with Gasteiger partial charge in [0.05, 0.1) is 37.4 Å². The summed E-state index contributed by atoms with van der Waals surface area (Å²) in [4.78, 5) is 14.6. The quantitative estimate of drug-likeness (QED) is 0.102. The summed E-state index contributed by atoms with van der Waals surface area (Å²) >= 11 is 0. The first-order valence-electron chi connectivity index (χ1n) is 26.3. The van der Waals surface area contributed by atoms with Crippen molar-refractivity contribution in [3.63, 3.8) is 0 Å². The highest BCUT2D eigenvalue weighted by Gasteiger charge is 2.70. The molecule has 20 nitrogen and oxygen atoms in total. The van der Waals surface area contributed by atoms with Gasteiger partial charge in [-0.25, -0.2) is 0 Å². The van der Waals surface area contributed by atoms with Gasteiger partial charge < -0.3 is 94.4 Å². The molecule has 4 heterocycles. The molecule has 5 aliphatic carbocycles. The van der Waals surface area contributed by atoms with Crippen LogP contribution >= 0.6 is 0 Å². The van der Waals surface area contributed by atoms with E-state index in [0.717, 1.165) is 31.3 Å². The first-order valence-corrected chi connectivity index (χ1v) is 26.3. The van der Waals surface area contributed by atoms with Crippen molar-refractivity contribution in [1.82, 2.24) is 0 Å². The zero-order valence-corrected chi connectivity index (χ0v) is 42.4. The highest BCUT2D eigenvalue weighted by Crippen LogP contribution is 2.76. The summed E-state index contributed by atoms with van der Waals surface area (Å²) < 4.78 is 42.3. The van der Waals surface area contributed by atoms with E-state index in [4.69, 9.17) is 33.2 Å². The summed E-state index contributed by atoms with van der Waals surface area (Å²) in [5.74, 6) is -0.775. The molecule has 8 fully saturated rings. The van der Waals surface area contributed by atoms with Gasteiger partial charge in [0.25, 0.3) is 0 Å². The number of allylic oxidation sites excluding steroid dienone is 3. The van der Waals surface area contributed by atoms with Crippen molar-refractivity contribution in [3.8, 4) is 0 Å². The van der Waals surface area contributed by atoms with E-state index in [-0.39, 0.29) is 39.9 Å². The van der Waals surface area contributed by atoms with Crippen LogP contribution in [0.5, 0.6) is 0 Å². The normalized spacial score (nSPS) is 54.6. The van der Waals surface area contributed by atoms with Gasteiger partial charge in [-0.15, -0.1) is 0 Å². The average molecular weight is 1030 g/mol. The molecule has 4 aliphatic heterocycles. The van der Waals surface area contributed by atoms with Gasteiger partial charge in [-0.1, -0.05) is 58.4 Å². The standard InChI is InChI=1S/C52H82O20/c1-22-10-15-52(47(65)72-46-39(63)36(60)34(58)28(19-53)69-46)17-16-50(6)24(26(52)18-22)8-9-31-49(5)13-11-25(48(3,4)30(49)12-14-51(31,50)7)41-40(64)43(71-44-37(61)33(57)27(55)21-66-44)42(29(20-54)68-41)70-45-38(62)35(59)32(56)23(2)67-45/h8,23,25-46,53-64H,1,9-21H2,2-7H3/t23-,25+,26-,27-,28+,29+,30-,31+,32-,33-,34+,35+,36-,37+,38+,39+,40-,41-,42+,43+,44-,45-,46-,49-,50+,51+,52-/m0/s1. The van der Waals surface area contributed by atoms with Gasteiger partial charge in [0.15, 0.2) is 12.6 Å². The molecule has 410 valence electrons. The van der Waals surface area contributed by atoms with E-state index in [0.29, 0.717) is 38.5 Å². The number of fused-ring (bicyclic) bond motifs is 7. The number of carbonyl (C=O) groups is 1. The molecular weight excluding hydrogens is 945 g/mol. The molecule has 0 aromatic carbocycles. The minimum absolute atomic E-state index is 0.114. The molecule has 0 radical (unpaired) electrons. The maximum absolute atomic E-state index is 14.6. The van der Waals surface area contributed by atoms with E-state index in [1.54, 1.807) is 0 Å². The van der Waals surface area contributed by atoms with Crippen molar-refractivity contribution >= 4 is 5.97 Å². The summed E-state index contributed by atoms with van der Waals surface area (Å²) in [7, 11) is 0. The molecule has 0 aromatic rings. The molecule has 72 heavy (non-hydrogen) atoms. The van der Waals surface area contributed by atoms with E-state index < -0.39 is 153 Å². The number of rotatable bonds is 9. The fourth-order valence-electron chi connectivity index (χ4n) is 16.3. The van der Waals surface area contributed by atoms with Gasteiger partial charge in [-0.3, -0.25) is 4.79 Å². The zero-order valence-electron chi connectivity index (χ0n) is 42.4. The van der Waals surface area contributed by atoms with Crippen molar-refractivity contribution in [3.05, 3.63) is 23.8 Å². The Bertz CT molecular complexity index is 2020. The van der Waals surface area contributed by atoms with Crippen LogP contribution in [0.3, 0.4) is 0 Å². The second kappa shape index (κ2) is 19.9. The second-order valence-electron chi connectivity index (χ2n) is 24.5. The third-order valence-electron chi connectivity index (χ3n) is 20.8. The second-order valence-corrected chi connectivity index (χ2v) is 24.5. The Balaban J connectivity index is 0.983. The highest BCUT2D eigenvalue weighted by atomic mass is 16.7. The molecule has 4 saturated heterocycles. The fraction of sp³-hybridized carbons (Fsp3) is 0.904. The molecule has 12 N–H and O–H groups in total. The smallest absolute Gasteiger partial charge is 0.315 e. The predicted molar refractivity (Wildman–Crippen MR) is 249 cm³/mol. The Kier molecular flexibility index (Phi) is 15.2. The minimum atomic E-state index is -1.75. The third-order valence-corrected chi connectivity index (χ3v) is 20.8. The Morgan fingerprint density at radius 2 is 1.33 bits per heavy atom. The maximum Gasteiger partial charge on any atom is 0.315 e. The number of aliphatic hydroxyl groups excluding tert-OH is 12. The SMILES string of the molecule is C=C1CC[C@]2(C(=O)O[C@@H]3O[C@H](CO)[C@@H](O)[C@H](O)[C@H]3O)CC[C@]3(C)C(=CC[C@@H]4[C@@]5(C)CC[C@H]([C@@H]6O[C@H](CO)[C@@H](O[C@@H]7O[C@@H](C)[C@H](O)[C@@H](O)[C@H]7O)[C@H](O[C@@H]7OC[C@H](O)[C@H](O)[C@H]7O)[C@H]6O)C(C)(C)[C@@H]5CC[C@]43C)[C@@H]2C1. The van der Waals surface area contributed by atoms with Gasteiger partial charge in [0, 0.05) is 5.92 Å². The van der Waals surface area contributed by atoms with E-state index >= 15 is 0 Å². The molecule has 0 amide bonds. The Morgan fingerprint density at radius 1 is 0.681 bits per heavy atom. The van der Waals surface area contributed by atoms with Crippen molar-refractivity contribution in [2.45, 2.75) is 222 Å². The summed E-state index contributed by atoms with van der Waals surface area (Å²) in [5.41, 5.74) is 0.0459. The van der Waals surface area contributed by atoms with Gasteiger partial charge >= 0.3 is 5.97 Å². The number of carbonyl (C=O) groups excluding carboxylic acids is 1. The summed E-state index contributed by atoms with van der Waals surface area (Å²) in [6.07, 6.45) is -19.0. The van der Waals surface area contributed by atoms with E-state index in [1.807, 2.05) is 0 Å². The maximum atomic E-state index is 14.6. The lowest BCUT2D eigenvalue weighted by Crippen LogP contribution is -2.69. The minimum Gasteiger partial charge on any atom is -0.432 e. The molecule has 0 bridgehead atoms. The molecule has 9 rings (SSSR count). The van der Waals surface area contributed by atoms with Crippen LogP contribution in [0.15, 0.2) is 23.8 Å². The first kappa shape index (κ1) is 55.0. The summed E-state index contributed by atoms with van der Waals surface area (Å²) in [6, 6.07) is 0. The number of hydrogen-bond donors (Lipinski definition) is 12. The fourth-order valence-corrected chi connectivity index (χ4v) is 16.3. The van der Waals surface area contributed by atoms with Crippen LogP contribution in [0.4, 0.5) is 0 Å². The third kappa shape index (κ3) is 8.52. The Labute approximate surface area is 420 Å². The number of aliphatic hydroxyl groups is 12. The molecular formula is C52H82O20. The topological polar surface area (TPSA) is 324 Å². The van der Waals surface area contributed by atoms with Crippen molar-refractivity contribution in [2.75, 3.05) is 19.8 Å². The predicted octanol–water partition coefficient (Wildman–Crippen LogP) is -0.565. The van der Waals surface area contributed by atoms with Gasteiger partial charge in [0.2, 0.25) is 6.29 Å². The van der Waals surface area contributed by atoms with E-state index in [2.05, 4.69) is 47.3 Å². The molecule has 27 atom stereocenters. The number of esters is 1. The summed E-state index contributed by atoms with van der Waals surface area (Å²) in [5, 5.41) is 129.